The molecule has 0 aliphatic rings. The Kier molecular flexibility index (Phi) is 6.95. The highest BCUT2D eigenvalue weighted by Gasteiger charge is 2.40. The highest BCUT2D eigenvalue weighted by Crippen LogP contribution is 2.38. The average molecular weight is 436 g/mol. The van der Waals surface area contributed by atoms with Crippen LogP contribution >= 0.6 is 0 Å². The SMILES string of the molecule is N[C@@H](Cc1ccccc1)C(=O)O[Si]C(c1ccccc1)(c1ccccc1)c1ccccc1. The molecule has 3 nitrogen and oxygen atoms in total. The number of rotatable bonds is 8. The van der Waals surface area contributed by atoms with Crippen molar-refractivity contribution in [2.75, 3.05) is 0 Å². The van der Waals surface area contributed by atoms with E-state index in [4.69, 9.17) is 10.2 Å². The lowest BCUT2D eigenvalue weighted by molar-refractivity contribution is -0.136. The second-order valence-electron chi connectivity index (χ2n) is 7.67. The number of carbonyl (C=O) groups excluding carboxylic acids is 1. The van der Waals surface area contributed by atoms with E-state index < -0.39 is 11.1 Å². The highest BCUT2D eigenvalue weighted by atomic mass is 28.2. The summed E-state index contributed by atoms with van der Waals surface area (Å²) in [7, 11) is -0.170. The summed E-state index contributed by atoms with van der Waals surface area (Å²) in [6.45, 7) is 0. The molecule has 4 aromatic carbocycles. The first-order valence-electron chi connectivity index (χ1n) is 10.6. The summed E-state index contributed by atoms with van der Waals surface area (Å²) < 4.78 is 5.97. The van der Waals surface area contributed by atoms with E-state index in [2.05, 4.69) is 36.4 Å². The van der Waals surface area contributed by atoms with Crippen LogP contribution in [0.2, 0.25) is 0 Å². The number of hydrogen-bond acceptors (Lipinski definition) is 3. The lowest BCUT2D eigenvalue weighted by Crippen LogP contribution is -2.42. The van der Waals surface area contributed by atoms with Crippen molar-refractivity contribution in [1.82, 2.24) is 0 Å². The Morgan fingerprint density at radius 3 is 1.47 bits per heavy atom. The molecule has 0 aromatic heterocycles. The smallest absolute Gasteiger partial charge is 0.336 e. The maximum absolute atomic E-state index is 12.9. The summed E-state index contributed by atoms with van der Waals surface area (Å²) in [6.07, 6.45) is 0.444. The zero-order chi connectivity index (χ0) is 22.2. The minimum atomic E-state index is -0.718. The zero-order valence-electron chi connectivity index (χ0n) is 17.7. The van der Waals surface area contributed by atoms with Gasteiger partial charge >= 0.3 is 15.7 Å². The maximum Gasteiger partial charge on any atom is 0.336 e. The first-order chi connectivity index (χ1) is 15.7. The largest absolute Gasteiger partial charge is 0.514 e. The molecule has 0 heterocycles. The van der Waals surface area contributed by atoms with Crippen LogP contribution < -0.4 is 5.73 Å². The molecule has 0 aliphatic heterocycles. The molecule has 0 bridgehead atoms. The van der Waals surface area contributed by atoms with E-state index in [1.54, 1.807) is 0 Å². The molecule has 0 saturated carbocycles. The van der Waals surface area contributed by atoms with Crippen LogP contribution in [0.1, 0.15) is 22.3 Å². The molecule has 2 radical (unpaired) electrons. The molecular weight excluding hydrogens is 410 g/mol. The Labute approximate surface area is 191 Å². The molecule has 158 valence electrons. The molecule has 2 N–H and O–H groups in total. The lowest BCUT2D eigenvalue weighted by Gasteiger charge is -2.34. The van der Waals surface area contributed by atoms with Crippen LogP contribution in [0.25, 0.3) is 0 Å². The van der Waals surface area contributed by atoms with E-state index in [-0.39, 0.29) is 15.7 Å². The minimum Gasteiger partial charge on any atom is -0.514 e. The number of hydrogen-bond donors (Lipinski definition) is 1. The second kappa shape index (κ2) is 10.2. The molecule has 0 unspecified atom stereocenters. The van der Waals surface area contributed by atoms with Crippen molar-refractivity contribution in [2.24, 2.45) is 5.73 Å². The lowest BCUT2D eigenvalue weighted by atomic mass is 9.84. The van der Waals surface area contributed by atoms with Gasteiger partial charge in [0.1, 0.15) is 6.04 Å². The van der Waals surface area contributed by atoms with E-state index >= 15 is 0 Å². The maximum atomic E-state index is 12.9. The van der Waals surface area contributed by atoms with Gasteiger partial charge in [-0.2, -0.15) is 0 Å². The van der Waals surface area contributed by atoms with Gasteiger partial charge in [0.25, 0.3) is 0 Å². The summed E-state index contributed by atoms with van der Waals surface area (Å²) >= 11 is 0. The van der Waals surface area contributed by atoms with E-state index in [1.165, 1.54) is 0 Å². The summed E-state index contributed by atoms with van der Waals surface area (Å²) in [5.74, 6) is -0.389. The third-order valence-electron chi connectivity index (χ3n) is 5.53. The van der Waals surface area contributed by atoms with Crippen molar-refractivity contribution in [3.63, 3.8) is 0 Å². The van der Waals surface area contributed by atoms with Gasteiger partial charge in [-0.15, -0.1) is 0 Å². The van der Waals surface area contributed by atoms with Crippen molar-refractivity contribution in [3.8, 4) is 0 Å². The number of nitrogens with two attached hydrogens (primary N) is 1. The Morgan fingerprint density at radius 2 is 1.06 bits per heavy atom. The molecule has 4 heteroatoms. The van der Waals surface area contributed by atoms with Crippen LogP contribution in [0.3, 0.4) is 0 Å². The van der Waals surface area contributed by atoms with Crippen molar-refractivity contribution < 1.29 is 9.22 Å². The summed E-state index contributed by atoms with van der Waals surface area (Å²) in [6, 6.07) is 39.7. The molecule has 0 spiro atoms. The minimum absolute atomic E-state index is 0.170. The number of benzene rings is 4. The van der Waals surface area contributed by atoms with Gasteiger partial charge in [0, 0.05) is 0 Å². The van der Waals surface area contributed by atoms with Gasteiger partial charge in [0.2, 0.25) is 0 Å². The Bertz CT molecular complexity index is 1020. The fourth-order valence-corrected chi connectivity index (χ4v) is 5.15. The Morgan fingerprint density at radius 1 is 0.688 bits per heavy atom. The van der Waals surface area contributed by atoms with E-state index in [0.717, 1.165) is 22.3 Å². The van der Waals surface area contributed by atoms with Crippen LogP contribution in [-0.4, -0.2) is 21.8 Å². The van der Waals surface area contributed by atoms with Crippen LogP contribution in [-0.2, 0) is 20.7 Å². The number of carbonyl (C=O) groups is 1. The average Bonchev–Trinajstić information content (AvgIpc) is 2.87. The topological polar surface area (TPSA) is 52.3 Å². The normalized spacial score (nSPS) is 12.2. The van der Waals surface area contributed by atoms with Gasteiger partial charge in [-0.3, -0.25) is 4.79 Å². The molecular formula is C28H25NO2Si. The van der Waals surface area contributed by atoms with E-state index in [0.29, 0.717) is 6.42 Å². The van der Waals surface area contributed by atoms with Crippen LogP contribution in [0.5, 0.6) is 0 Å². The summed E-state index contributed by atoms with van der Waals surface area (Å²) in [5.41, 5.74) is 10.4. The van der Waals surface area contributed by atoms with Crippen LogP contribution in [0.15, 0.2) is 121 Å². The second-order valence-corrected chi connectivity index (χ2v) is 8.83. The van der Waals surface area contributed by atoms with Gasteiger partial charge in [0.05, 0.1) is 5.04 Å². The van der Waals surface area contributed by atoms with Crippen LogP contribution in [0, 0.1) is 0 Å². The van der Waals surface area contributed by atoms with Gasteiger partial charge < -0.3 is 10.2 Å². The van der Waals surface area contributed by atoms with Crippen molar-refractivity contribution in [3.05, 3.63) is 144 Å². The fourth-order valence-electron chi connectivity index (χ4n) is 3.90. The molecule has 1 atom stereocenters. The fraction of sp³-hybridized carbons (Fsp3) is 0.107. The third-order valence-corrected chi connectivity index (χ3v) is 7.00. The van der Waals surface area contributed by atoms with Crippen molar-refractivity contribution in [2.45, 2.75) is 17.5 Å². The predicted octanol–water partition coefficient (Wildman–Crippen LogP) is 4.71. The first-order valence-corrected chi connectivity index (χ1v) is 11.5. The molecule has 32 heavy (non-hydrogen) atoms. The Balaban J connectivity index is 1.69. The summed E-state index contributed by atoms with van der Waals surface area (Å²) in [5, 5.41) is -0.619. The molecule has 0 amide bonds. The predicted molar refractivity (Wildman–Crippen MR) is 129 cm³/mol. The highest BCUT2D eigenvalue weighted by molar-refractivity contribution is 6.38. The van der Waals surface area contributed by atoms with Gasteiger partial charge in [0.15, 0.2) is 0 Å². The third kappa shape index (κ3) is 4.72. The molecule has 0 saturated heterocycles. The zero-order valence-corrected chi connectivity index (χ0v) is 18.7. The van der Waals surface area contributed by atoms with E-state index in [9.17, 15) is 4.79 Å². The molecule has 4 aromatic rings. The monoisotopic (exact) mass is 435 g/mol. The Hall–Kier alpha value is -3.47. The molecule has 0 aliphatic carbocycles. The van der Waals surface area contributed by atoms with Crippen molar-refractivity contribution >= 4 is 15.7 Å². The standard InChI is InChI=1S/C28H25NO2Si/c29-26(21-22-13-5-1-6-14-22)27(30)31-32-28(23-15-7-2-8-16-23,24-17-9-3-10-18-24)25-19-11-4-12-20-25/h1-20,26H,21,29H2/t26-/m0/s1. The van der Waals surface area contributed by atoms with Gasteiger partial charge in [-0.25, -0.2) is 0 Å². The summed E-state index contributed by atoms with van der Waals surface area (Å²) in [4.78, 5) is 12.9. The van der Waals surface area contributed by atoms with Gasteiger partial charge in [-0.1, -0.05) is 121 Å². The van der Waals surface area contributed by atoms with Crippen LogP contribution in [0.4, 0.5) is 0 Å². The molecule has 0 fully saturated rings. The van der Waals surface area contributed by atoms with E-state index in [1.807, 2.05) is 84.9 Å². The van der Waals surface area contributed by atoms with Gasteiger partial charge in [-0.05, 0) is 28.7 Å². The molecule has 4 rings (SSSR count). The van der Waals surface area contributed by atoms with Crippen molar-refractivity contribution in [1.29, 1.82) is 0 Å². The quantitative estimate of drug-likeness (QED) is 0.322. The first kappa shape index (κ1) is 21.7.